The lowest BCUT2D eigenvalue weighted by molar-refractivity contribution is -0.123. The van der Waals surface area contributed by atoms with Crippen LogP contribution in [0.15, 0.2) is 0 Å². The summed E-state index contributed by atoms with van der Waals surface area (Å²) in [5.41, 5.74) is 0. The highest BCUT2D eigenvalue weighted by Gasteiger charge is 2.25. The first-order valence-corrected chi connectivity index (χ1v) is 5.68. The Kier molecular flexibility index (Phi) is 5.05. The molecule has 88 valence electrons. The van der Waals surface area contributed by atoms with Gasteiger partial charge >= 0.3 is 0 Å². The fourth-order valence-electron chi connectivity index (χ4n) is 2.00. The second kappa shape index (κ2) is 6.08. The number of nitrogens with one attached hydrogen (secondary N) is 2. The summed E-state index contributed by atoms with van der Waals surface area (Å²) in [6.07, 6.45) is 2.64. The first-order valence-electron chi connectivity index (χ1n) is 5.68. The second-order valence-corrected chi connectivity index (χ2v) is 4.35. The van der Waals surface area contributed by atoms with Gasteiger partial charge in [0.2, 0.25) is 5.91 Å². The van der Waals surface area contributed by atoms with Crippen molar-refractivity contribution < 1.29 is 9.53 Å². The molecule has 1 aliphatic heterocycles. The zero-order valence-electron chi connectivity index (χ0n) is 9.88. The molecule has 1 saturated heterocycles. The van der Waals surface area contributed by atoms with Crippen LogP contribution in [0.5, 0.6) is 0 Å². The molecule has 3 atom stereocenters. The van der Waals surface area contributed by atoms with E-state index in [0.717, 1.165) is 12.8 Å². The van der Waals surface area contributed by atoms with Crippen LogP contribution in [0.4, 0.5) is 0 Å². The van der Waals surface area contributed by atoms with E-state index < -0.39 is 0 Å². The molecule has 0 bridgehead atoms. The molecule has 3 unspecified atom stereocenters. The molecule has 1 heterocycles. The first kappa shape index (κ1) is 12.5. The van der Waals surface area contributed by atoms with Gasteiger partial charge in [-0.2, -0.15) is 0 Å². The summed E-state index contributed by atoms with van der Waals surface area (Å²) < 4.78 is 4.87. The van der Waals surface area contributed by atoms with Gasteiger partial charge in [-0.25, -0.2) is 0 Å². The molecule has 0 aromatic rings. The average molecular weight is 214 g/mol. The number of ether oxygens (including phenoxy) is 1. The van der Waals surface area contributed by atoms with Crippen LogP contribution in [-0.2, 0) is 9.53 Å². The van der Waals surface area contributed by atoms with Crippen molar-refractivity contribution in [3.8, 4) is 0 Å². The standard InChI is InChI=1S/C11H22N2O2/c1-8-4-5-10(9(2)12-8)13-11(14)6-7-15-3/h8-10,12H,4-7H2,1-3H3,(H,13,14). The van der Waals surface area contributed by atoms with Crippen LogP contribution in [0.25, 0.3) is 0 Å². The van der Waals surface area contributed by atoms with Gasteiger partial charge in [-0.3, -0.25) is 4.79 Å². The third-order valence-electron chi connectivity index (χ3n) is 2.94. The number of rotatable bonds is 4. The average Bonchev–Trinajstić information content (AvgIpc) is 2.19. The van der Waals surface area contributed by atoms with Gasteiger partial charge in [0.15, 0.2) is 0 Å². The number of amides is 1. The van der Waals surface area contributed by atoms with E-state index in [2.05, 4.69) is 24.5 Å². The van der Waals surface area contributed by atoms with Gasteiger partial charge in [0.05, 0.1) is 6.61 Å². The van der Waals surface area contributed by atoms with Crippen molar-refractivity contribution >= 4 is 5.91 Å². The predicted molar refractivity (Wildman–Crippen MR) is 59.7 cm³/mol. The van der Waals surface area contributed by atoms with E-state index in [-0.39, 0.29) is 11.9 Å². The summed E-state index contributed by atoms with van der Waals surface area (Å²) in [4.78, 5) is 11.5. The van der Waals surface area contributed by atoms with E-state index in [1.807, 2.05) is 0 Å². The number of hydrogen-bond acceptors (Lipinski definition) is 3. The van der Waals surface area contributed by atoms with Crippen molar-refractivity contribution in [3.05, 3.63) is 0 Å². The van der Waals surface area contributed by atoms with Crippen molar-refractivity contribution in [1.29, 1.82) is 0 Å². The van der Waals surface area contributed by atoms with Crippen molar-refractivity contribution in [3.63, 3.8) is 0 Å². The van der Waals surface area contributed by atoms with Crippen LogP contribution >= 0.6 is 0 Å². The zero-order chi connectivity index (χ0) is 11.3. The highest BCUT2D eigenvalue weighted by molar-refractivity contribution is 5.76. The summed E-state index contributed by atoms with van der Waals surface area (Å²) >= 11 is 0. The number of methoxy groups -OCH3 is 1. The topological polar surface area (TPSA) is 50.4 Å². The molecule has 2 N–H and O–H groups in total. The number of carbonyl (C=O) groups is 1. The molecular formula is C11H22N2O2. The van der Waals surface area contributed by atoms with Gasteiger partial charge in [0.1, 0.15) is 0 Å². The van der Waals surface area contributed by atoms with Gasteiger partial charge in [0.25, 0.3) is 0 Å². The Morgan fingerprint density at radius 3 is 2.80 bits per heavy atom. The minimum absolute atomic E-state index is 0.0880. The third kappa shape index (κ3) is 4.18. The monoisotopic (exact) mass is 214 g/mol. The molecule has 4 nitrogen and oxygen atoms in total. The number of carbonyl (C=O) groups excluding carboxylic acids is 1. The van der Waals surface area contributed by atoms with E-state index in [4.69, 9.17) is 4.74 Å². The molecule has 1 fully saturated rings. The lowest BCUT2D eigenvalue weighted by Crippen LogP contribution is -2.54. The maximum Gasteiger partial charge on any atom is 0.222 e. The number of piperidine rings is 1. The lowest BCUT2D eigenvalue weighted by atomic mass is 9.95. The van der Waals surface area contributed by atoms with Crippen molar-refractivity contribution in [1.82, 2.24) is 10.6 Å². The maximum absolute atomic E-state index is 11.5. The second-order valence-electron chi connectivity index (χ2n) is 4.35. The van der Waals surface area contributed by atoms with Crippen molar-refractivity contribution in [2.45, 2.75) is 51.2 Å². The van der Waals surface area contributed by atoms with Gasteiger partial charge in [-0.15, -0.1) is 0 Å². The maximum atomic E-state index is 11.5. The van der Waals surface area contributed by atoms with E-state index in [0.29, 0.717) is 25.1 Å². The van der Waals surface area contributed by atoms with Crippen LogP contribution in [0.2, 0.25) is 0 Å². The molecule has 4 heteroatoms. The zero-order valence-corrected chi connectivity index (χ0v) is 9.88. The molecule has 0 spiro atoms. The quantitative estimate of drug-likeness (QED) is 0.723. The number of hydrogen-bond donors (Lipinski definition) is 2. The fourth-order valence-corrected chi connectivity index (χ4v) is 2.00. The smallest absolute Gasteiger partial charge is 0.222 e. The Hall–Kier alpha value is -0.610. The Morgan fingerprint density at radius 1 is 1.47 bits per heavy atom. The van der Waals surface area contributed by atoms with E-state index >= 15 is 0 Å². The summed E-state index contributed by atoms with van der Waals surface area (Å²) in [6.45, 7) is 4.80. The van der Waals surface area contributed by atoms with E-state index in [9.17, 15) is 4.79 Å². The Bertz CT molecular complexity index is 209. The lowest BCUT2D eigenvalue weighted by Gasteiger charge is -2.34. The molecule has 0 saturated carbocycles. The highest BCUT2D eigenvalue weighted by atomic mass is 16.5. The molecule has 15 heavy (non-hydrogen) atoms. The largest absolute Gasteiger partial charge is 0.384 e. The Balaban J connectivity index is 2.28. The van der Waals surface area contributed by atoms with E-state index in [1.165, 1.54) is 0 Å². The predicted octanol–water partition coefficient (Wildman–Crippen LogP) is 0.668. The molecular weight excluding hydrogens is 192 g/mol. The fraction of sp³-hybridized carbons (Fsp3) is 0.909. The van der Waals surface area contributed by atoms with Crippen LogP contribution in [-0.4, -0.2) is 37.7 Å². The van der Waals surface area contributed by atoms with Gasteiger partial charge in [-0.1, -0.05) is 0 Å². The van der Waals surface area contributed by atoms with Crippen molar-refractivity contribution in [2.24, 2.45) is 0 Å². The highest BCUT2D eigenvalue weighted by Crippen LogP contribution is 2.13. The van der Waals surface area contributed by atoms with Gasteiger partial charge in [-0.05, 0) is 26.7 Å². The minimum atomic E-state index is 0.0880. The molecule has 0 radical (unpaired) electrons. The SMILES string of the molecule is COCCC(=O)NC1CCC(C)NC1C. The molecule has 0 aromatic carbocycles. The molecule has 1 amide bonds. The van der Waals surface area contributed by atoms with Gasteiger partial charge in [0, 0.05) is 31.7 Å². The molecule has 1 rings (SSSR count). The van der Waals surface area contributed by atoms with Crippen molar-refractivity contribution in [2.75, 3.05) is 13.7 Å². The van der Waals surface area contributed by atoms with Crippen LogP contribution in [0, 0.1) is 0 Å². The summed E-state index contributed by atoms with van der Waals surface area (Å²) in [7, 11) is 1.61. The minimum Gasteiger partial charge on any atom is -0.384 e. The normalized spacial score (nSPS) is 31.3. The van der Waals surface area contributed by atoms with Crippen LogP contribution in [0.3, 0.4) is 0 Å². The molecule has 0 aliphatic carbocycles. The molecule has 0 aromatic heterocycles. The van der Waals surface area contributed by atoms with Crippen LogP contribution < -0.4 is 10.6 Å². The summed E-state index contributed by atoms with van der Waals surface area (Å²) in [5, 5.41) is 6.49. The Morgan fingerprint density at radius 2 is 2.20 bits per heavy atom. The van der Waals surface area contributed by atoms with Crippen LogP contribution in [0.1, 0.15) is 33.1 Å². The third-order valence-corrected chi connectivity index (χ3v) is 2.94. The summed E-state index contributed by atoms with van der Waals surface area (Å²) in [5.74, 6) is 0.0880. The first-order chi connectivity index (χ1) is 7.13. The summed E-state index contributed by atoms with van der Waals surface area (Å²) in [6, 6.07) is 1.19. The van der Waals surface area contributed by atoms with Gasteiger partial charge < -0.3 is 15.4 Å². The Labute approximate surface area is 91.8 Å². The van der Waals surface area contributed by atoms with E-state index in [1.54, 1.807) is 7.11 Å². The molecule has 1 aliphatic rings.